The Kier molecular flexibility index (Phi) is 6.53. The highest BCUT2D eigenvalue weighted by atomic mass is 16.5. The summed E-state index contributed by atoms with van der Waals surface area (Å²) in [4.78, 5) is 8.59. The quantitative estimate of drug-likeness (QED) is 0.323. The van der Waals surface area contributed by atoms with E-state index in [-0.39, 0.29) is 0 Å². The summed E-state index contributed by atoms with van der Waals surface area (Å²) in [5, 5.41) is 15.3. The zero-order chi connectivity index (χ0) is 21.5. The van der Waals surface area contributed by atoms with Gasteiger partial charge in [-0.3, -0.25) is 4.98 Å². The summed E-state index contributed by atoms with van der Waals surface area (Å²) < 4.78 is 21.9. The molecule has 0 unspecified atom stereocenters. The van der Waals surface area contributed by atoms with Crippen molar-refractivity contribution in [3.8, 4) is 28.9 Å². The van der Waals surface area contributed by atoms with Gasteiger partial charge < -0.3 is 29.5 Å². The zero-order valence-electron chi connectivity index (χ0n) is 17.0. The maximum Gasteiger partial charge on any atom is 0.239 e. The maximum absolute atomic E-state index is 8.94. The van der Waals surface area contributed by atoms with Gasteiger partial charge in [0.25, 0.3) is 0 Å². The minimum absolute atomic E-state index is 0.295. The third kappa shape index (κ3) is 4.69. The normalized spacial score (nSPS) is 11.0. The average molecular weight is 410 g/mol. The predicted molar refractivity (Wildman–Crippen MR) is 112 cm³/mol. The van der Waals surface area contributed by atoms with Crippen LogP contribution in [0.4, 0.5) is 11.5 Å². The second kappa shape index (κ2) is 9.46. The number of nitrogens with zero attached hydrogens (tertiary/aromatic N) is 3. The van der Waals surface area contributed by atoms with Gasteiger partial charge >= 0.3 is 0 Å². The second-order valence-corrected chi connectivity index (χ2v) is 6.10. The van der Waals surface area contributed by atoms with E-state index in [2.05, 4.69) is 20.4 Å². The van der Waals surface area contributed by atoms with Crippen LogP contribution in [0.3, 0.4) is 0 Å². The maximum atomic E-state index is 8.94. The number of aromatic nitrogens is 2. The van der Waals surface area contributed by atoms with Crippen molar-refractivity contribution in [1.29, 1.82) is 0 Å². The number of anilines is 2. The van der Waals surface area contributed by atoms with Crippen LogP contribution in [0.15, 0.2) is 53.9 Å². The average Bonchev–Trinajstić information content (AvgIpc) is 2.78. The molecule has 0 bridgehead atoms. The van der Waals surface area contributed by atoms with Crippen molar-refractivity contribution in [2.45, 2.75) is 6.92 Å². The molecule has 3 rings (SSSR count). The fourth-order valence-corrected chi connectivity index (χ4v) is 2.72. The number of ether oxygens (including phenoxy) is 4. The number of hydrogen-bond donors (Lipinski definition) is 2. The second-order valence-electron chi connectivity index (χ2n) is 6.10. The van der Waals surface area contributed by atoms with E-state index in [9.17, 15) is 0 Å². The molecule has 0 aliphatic rings. The number of methoxy groups -OCH3 is 3. The van der Waals surface area contributed by atoms with Crippen molar-refractivity contribution in [3.63, 3.8) is 0 Å². The first-order valence-corrected chi connectivity index (χ1v) is 8.94. The van der Waals surface area contributed by atoms with Crippen LogP contribution in [0.5, 0.6) is 28.9 Å². The van der Waals surface area contributed by atoms with Crippen molar-refractivity contribution < 1.29 is 24.2 Å². The summed E-state index contributed by atoms with van der Waals surface area (Å²) in [5.74, 6) is 2.81. The van der Waals surface area contributed by atoms with E-state index in [1.807, 2.05) is 6.07 Å². The lowest BCUT2D eigenvalue weighted by molar-refractivity contribution is 0.319. The van der Waals surface area contributed by atoms with E-state index >= 15 is 0 Å². The van der Waals surface area contributed by atoms with E-state index < -0.39 is 0 Å². The van der Waals surface area contributed by atoms with Gasteiger partial charge in [-0.1, -0.05) is 17.3 Å². The van der Waals surface area contributed by atoms with Gasteiger partial charge in [0.1, 0.15) is 5.75 Å². The Morgan fingerprint density at radius 1 is 1.00 bits per heavy atom. The highest BCUT2D eigenvalue weighted by molar-refractivity contribution is 5.98. The van der Waals surface area contributed by atoms with Crippen LogP contribution < -0.4 is 24.3 Å². The Morgan fingerprint density at radius 3 is 2.37 bits per heavy atom. The van der Waals surface area contributed by atoms with Crippen LogP contribution >= 0.6 is 0 Å². The van der Waals surface area contributed by atoms with Crippen molar-refractivity contribution in [3.05, 3.63) is 54.4 Å². The van der Waals surface area contributed by atoms with Crippen LogP contribution in [-0.2, 0) is 0 Å². The Labute approximate surface area is 173 Å². The van der Waals surface area contributed by atoms with Crippen LogP contribution in [0.25, 0.3) is 0 Å². The molecule has 156 valence electrons. The minimum atomic E-state index is 0.295. The topological polar surface area (TPSA) is 107 Å². The van der Waals surface area contributed by atoms with E-state index in [1.165, 1.54) is 6.20 Å². The molecule has 2 N–H and O–H groups in total. The van der Waals surface area contributed by atoms with E-state index in [4.69, 9.17) is 24.2 Å². The van der Waals surface area contributed by atoms with E-state index in [0.717, 1.165) is 5.56 Å². The monoisotopic (exact) mass is 410 g/mol. The van der Waals surface area contributed by atoms with Gasteiger partial charge in [0, 0.05) is 23.4 Å². The first kappa shape index (κ1) is 20.7. The third-order valence-electron chi connectivity index (χ3n) is 4.17. The number of oxime groups is 1. The van der Waals surface area contributed by atoms with Crippen LogP contribution in [0.1, 0.15) is 12.5 Å². The standard InChI is InChI=1S/C21H22N4O5/c1-13(25-26)14-6-5-7-16(8-14)30-20-12-22-11-19(24-20)23-15-9-17(27-2)21(29-4)18(10-15)28-3/h5-12,26H,1-4H3,(H,23,24)/b25-13-. The van der Waals surface area contributed by atoms with Crippen molar-refractivity contribution >= 4 is 17.2 Å². The smallest absolute Gasteiger partial charge is 0.239 e. The number of hydrogen-bond acceptors (Lipinski definition) is 9. The zero-order valence-corrected chi connectivity index (χ0v) is 17.0. The first-order valence-electron chi connectivity index (χ1n) is 8.94. The Bertz CT molecular complexity index is 1030. The highest BCUT2D eigenvalue weighted by Crippen LogP contribution is 2.40. The fourth-order valence-electron chi connectivity index (χ4n) is 2.72. The molecule has 0 aliphatic carbocycles. The molecule has 0 aliphatic heterocycles. The molecule has 3 aromatic rings. The molecule has 0 saturated heterocycles. The van der Waals surface area contributed by atoms with Crippen LogP contribution in [0.2, 0.25) is 0 Å². The lowest BCUT2D eigenvalue weighted by atomic mass is 10.1. The molecule has 0 atom stereocenters. The lowest BCUT2D eigenvalue weighted by Crippen LogP contribution is -2.00. The molecule has 0 fully saturated rings. The summed E-state index contributed by atoms with van der Waals surface area (Å²) >= 11 is 0. The molecule has 0 spiro atoms. The van der Waals surface area contributed by atoms with Gasteiger partial charge in [0.2, 0.25) is 11.6 Å². The summed E-state index contributed by atoms with van der Waals surface area (Å²) in [5.41, 5.74) is 1.88. The number of benzene rings is 2. The Balaban J connectivity index is 1.83. The van der Waals surface area contributed by atoms with Crippen molar-refractivity contribution in [1.82, 2.24) is 9.97 Å². The molecule has 0 amide bonds. The predicted octanol–water partition coefficient (Wildman–Crippen LogP) is 4.24. The summed E-state index contributed by atoms with van der Waals surface area (Å²) in [6, 6.07) is 10.7. The fraction of sp³-hybridized carbons (Fsp3) is 0.190. The SMILES string of the molecule is COc1cc(Nc2cncc(Oc3cccc(/C(C)=N\O)c3)n2)cc(OC)c1OC. The van der Waals surface area contributed by atoms with Gasteiger partial charge in [-0.05, 0) is 19.1 Å². The van der Waals surface area contributed by atoms with E-state index in [1.54, 1.807) is 64.8 Å². The van der Waals surface area contributed by atoms with Crippen LogP contribution in [-0.4, -0.2) is 42.2 Å². The van der Waals surface area contributed by atoms with Crippen molar-refractivity contribution in [2.75, 3.05) is 26.6 Å². The molecule has 1 aromatic heterocycles. The molecule has 2 aromatic carbocycles. The van der Waals surface area contributed by atoms with Crippen LogP contribution in [0, 0.1) is 0 Å². The summed E-state index contributed by atoms with van der Waals surface area (Å²) in [7, 11) is 4.64. The van der Waals surface area contributed by atoms with Gasteiger partial charge in [0.15, 0.2) is 17.3 Å². The molecular formula is C21H22N4O5. The molecule has 1 heterocycles. The van der Waals surface area contributed by atoms with Gasteiger partial charge in [-0.2, -0.15) is 4.98 Å². The van der Waals surface area contributed by atoms with Gasteiger partial charge in [-0.15, -0.1) is 0 Å². The third-order valence-corrected chi connectivity index (χ3v) is 4.17. The summed E-state index contributed by atoms with van der Waals surface area (Å²) in [6.07, 6.45) is 3.06. The van der Waals surface area contributed by atoms with Gasteiger partial charge in [-0.25, -0.2) is 0 Å². The first-order chi connectivity index (χ1) is 14.6. The molecule has 9 nitrogen and oxygen atoms in total. The molecule has 0 radical (unpaired) electrons. The number of rotatable bonds is 8. The Hall–Kier alpha value is -4.01. The lowest BCUT2D eigenvalue weighted by Gasteiger charge is -2.15. The van der Waals surface area contributed by atoms with E-state index in [0.29, 0.717) is 46.1 Å². The summed E-state index contributed by atoms with van der Waals surface area (Å²) in [6.45, 7) is 1.70. The molecular weight excluding hydrogens is 388 g/mol. The molecule has 9 heteroatoms. The Morgan fingerprint density at radius 2 is 1.73 bits per heavy atom. The number of nitrogens with one attached hydrogen (secondary N) is 1. The molecule has 30 heavy (non-hydrogen) atoms. The minimum Gasteiger partial charge on any atom is -0.493 e. The highest BCUT2D eigenvalue weighted by Gasteiger charge is 2.14. The van der Waals surface area contributed by atoms with Crippen molar-refractivity contribution in [2.24, 2.45) is 5.16 Å². The molecule has 0 saturated carbocycles. The van der Waals surface area contributed by atoms with Gasteiger partial charge in [0.05, 0.1) is 39.4 Å². The largest absolute Gasteiger partial charge is 0.493 e.